The highest BCUT2D eigenvalue weighted by atomic mass is 16.5. The van der Waals surface area contributed by atoms with Crippen LogP contribution in [0.1, 0.15) is 6.42 Å². The van der Waals surface area contributed by atoms with Gasteiger partial charge in [-0.1, -0.05) is 5.11 Å². The summed E-state index contributed by atoms with van der Waals surface area (Å²) in [6.07, 6.45) is 0.153. The third kappa shape index (κ3) is 4.64. The molecule has 0 aromatic heterocycles. The summed E-state index contributed by atoms with van der Waals surface area (Å²) in [5.74, 6) is -0.359. The molecule has 50 valence electrons. The second-order valence-corrected chi connectivity index (χ2v) is 1.28. The molecular weight excluding hydrogens is 122 g/mol. The van der Waals surface area contributed by atoms with E-state index in [-0.39, 0.29) is 18.9 Å². The summed E-state index contributed by atoms with van der Waals surface area (Å²) >= 11 is 0. The van der Waals surface area contributed by atoms with E-state index < -0.39 is 0 Å². The molecule has 0 unspecified atom stereocenters. The van der Waals surface area contributed by atoms with Gasteiger partial charge in [-0.3, -0.25) is 4.79 Å². The lowest BCUT2D eigenvalue weighted by Gasteiger charge is -1.91. The topological polar surface area (TPSA) is 75.1 Å². The molecule has 0 aliphatic carbocycles. The van der Waals surface area contributed by atoms with Crippen LogP contribution in [0.4, 0.5) is 0 Å². The molecule has 0 radical (unpaired) electrons. The summed E-state index contributed by atoms with van der Waals surface area (Å²) < 4.78 is 4.27. The molecule has 0 spiro atoms. The van der Waals surface area contributed by atoms with Gasteiger partial charge in [0, 0.05) is 11.5 Å². The normalized spacial score (nSPS) is 7.67. The van der Waals surface area contributed by atoms with Gasteiger partial charge in [-0.2, -0.15) is 0 Å². The first-order chi connectivity index (χ1) is 4.31. The number of hydrogen-bond donors (Lipinski definition) is 0. The fraction of sp³-hybridized carbons (Fsp3) is 0.750. The van der Waals surface area contributed by atoms with E-state index in [1.165, 1.54) is 7.11 Å². The molecule has 5 nitrogen and oxygen atoms in total. The van der Waals surface area contributed by atoms with Crippen molar-refractivity contribution in [3.8, 4) is 0 Å². The molecule has 0 bridgehead atoms. The molecule has 0 N–H and O–H groups in total. The van der Waals surface area contributed by atoms with E-state index in [0.29, 0.717) is 0 Å². The molecule has 0 aromatic carbocycles. The second kappa shape index (κ2) is 4.93. The van der Waals surface area contributed by atoms with Crippen molar-refractivity contribution in [2.24, 2.45) is 5.11 Å². The van der Waals surface area contributed by atoms with Crippen LogP contribution in [0.2, 0.25) is 0 Å². The summed E-state index contributed by atoms with van der Waals surface area (Å²) in [6.45, 7) is 0.170. The van der Waals surface area contributed by atoms with Gasteiger partial charge in [0.2, 0.25) is 0 Å². The summed E-state index contributed by atoms with van der Waals surface area (Å²) in [6, 6.07) is 0. The molecule has 0 aromatic rings. The minimum atomic E-state index is -0.359. The third-order valence-electron chi connectivity index (χ3n) is 0.707. The Hall–Kier alpha value is -1.22. The standard InChI is InChI=1S/C4H7N3O2/c1-9-4(8)2-3-6-7-5/h2-3H2,1H3. The Kier molecular flexibility index (Phi) is 4.26. The number of azide groups is 1. The zero-order chi connectivity index (χ0) is 7.11. The van der Waals surface area contributed by atoms with Gasteiger partial charge in [0.1, 0.15) is 0 Å². The zero-order valence-corrected chi connectivity index (χ0v) is 5.07. The molecular formula is C4H7N3O2. The smallest absolute Gasteiger partial charge is 0.305 e. The Labute approximate surface area is 52.2 Å². The summed E-state index contributed by atoms with van der Waals surface area (Å²) in [5.41, 5.74) is 7.76. The Morgan fingerprint density at radius 3 is 3.00 bits per heavy atom. The van der Waals surface area contributed by atoms with Crippen LogP contribution in [0.15, 0.2) is 5.11 Å². The molecule has 0 aliphatic rings. The molecule has 9 heavy (non-hydrogen) atoms. The van der Waals surface area contributed by atoms with Crippen LogP contribution in [0, 0.1) is 0 Å². The van der Waals surface area contributed by atoms with E-state index in [1.807, 2.05) is 0 Å². The van der Waals surface area contributed by atoms with Gasteiger partial charge >= 0.3 is 5.97 Å². The Morgan fingerprint density at radius 2 is 2.56 bits per heavy atom. The average Bonchev–Trinajstić information content (AvgIpc) is 1.89. The summed E-state index contributed by atoms with van der Waals surface area (Å²) in [4.78, 5) is 12.7. The van der Waals surface area contributed by atoms with E-state index in [4.69, 9.17) is 5.53 Å². The minimum absolute atomic E-state index is 0.153. The quantitative estimate of drug-likeness (QED) is 0.245. The maximum atomic E-state index is 10.3. The lowest BCUT2D eigenvalue weighted by molar-refractivity contribution is -0.140. The predicted octanol–water partition coefficient (Wildman–Crippen LogP) is 0.860. The second-order valence-electron chi connectivity index (χ2n) is 1.28. The number of carbonyl (C=O) groups excluding carboxylic acids is 1. The zero-order valence-electron chi connectivity index (χ0n) is 5.07. The lowest BCUT2D eigenvalue weighted by Crippen LogP contribution is -2.00. The van der Waals surface area contributed by atoms with Crippen molar-refractivity contribution in [3.63, 3.8) is 0 Å². The first-order valence-electron chi connectivity index (χ1n) is 2.39. The molecule has 0 saturated carbocycles. The Morgan fingerprint density at radius 1 is 1.89 bits per heavy atom. The van der Waals surface area contributed by atoms with E-state index in [9.17, 15) is 4.79 Å². The molecule has 0 saturated heterocycles. The van der Waals surface area contributed by atoms with Crippen LogP contribution in [0.3, 0.4) is 0 Å². The van der Waals surface area contributed by atoms with Gasteiger partial charge < -0.3 is 4.74 Å². The molecule has 5 heteroatoms. The highest BCUT2D eigenvalue weighted by Crippen LogP contribution is 1.84. The number of methoxy groups -OCH3 is 1. The lowest BCUT2D eigenvalue weighted by atomic mass is 10.4. The van der Waals surface area contributed by atoms with E-state index in [1.54, 1.807) is 0 Å². The van der Waals surface area contributed by atoms with Gasteiger partial charge in [0.05, 0.1) is 13.5 Å². The van der Waals surface area contributed by atoms with Crippen molar-refractivity contribution < 1.29 is 9.53 Å². The summed E-state index contributed by atoms with van der Waals surface area (Å²) in [7, 11) is 1.29. The van der Waals surface area contributed by atoms with Gasteiger partial charge in [-0.05, 0) is 5.53 Å². The van der Waals surface area contributed by atoms with Gasteiger partial charge in [-0.15, -0.1) is 0 Å². The van der Waals surface area contributed by atoms with Crippen molar-refractivity contribution in [2.75, 3.05) is 13.7 Å². The maximum Gasteiger partial charge on any atom is 0.305 e. The van der Waals surface area contributed by atoms with Gasteiger partial charge in [0.15, 0.2) is 0 Å². The average molecular weight is 129 g/mol. The van der Waals surface area contributed by atoms with Crippen LogP contribution < -0.4 is 0 Å². The largest absolute Gasteiger partial charge is 0.469 e. The highest BCUT2D eigenvalue weighted by molar-refractivity contribution is 5.69. The van der Waals surface area contributed by atoms with Crippen molar-refractivity contribution in [2.45, 2.75) is 6.42 Å². The Balaban J connectivity index is 3.27. The van der Waals surface area contributed by atoms with E-state index in [0.717, 1.165) is 0 Å². The number of carbonyl (C=O) groups is 1. The van der Waals surface area contributed by atoms with Crippen molar-refractivity contribution >= 4 is 5.97 Å². The number of rotatable bonds is 3. The number of nitrogens with zero attached hydrogens (tertiary/aromatic N) is 3. The highest BCUT2D eigenvalue weighted by Gasteiger charge is 1.95. The molecule has 0 aliphatic heterocycles. The van der Waals surface area contributed by atoms with Gasteiger partial charge in [-0.25, -0.2) is 0 Å². The van der Waals surface area contributed by atoms with E-state index >= 15 is 0 Å². The summed E-state index contributed by atoms with van der Waals surface area (Å²) in [5, 5.41) is 3.14. The first-order valence-corrected chi connectivity index (χ1v) is 2.39. The van der Waals surface area contributed by atoms with Crippen molar-refractivity contribution in [1.29, 1.82) is 0 Å². The number of ether oxygens (including phenoxy) is 1. The first kappa shape index (κ1) is 7.78. The molecule has 0 heterocycles. The molecule has 0 fully saturated rings. The van der Waals surface area contributed by atoms with Crippen molar-refractivity contribution in [1.82, 2.24) is 0 Å². The molecule has 0 rings (SSSR count). The fourth-order valence-electron chi connectivity index (χ4n) is 0.288. The predicted molar refractivity (Wildman–Crippen MR) is 30.6 cm³/mol. The number of hydrogen-bond acceptors (Lipinski definition) is 3. The SMILES string of the molecule is COC(=O)CCN=[N+]=[N-]. The minimum Gasteiger partial charge on any atom is -0.469 e. The van der Waals surface area contributed by atoms with Crippen LogP contribution in [0.25, 0.3) is 10.4 Å². The van der Waals surface area contributed by atoms with Crippen LogP contribution >= 0.6 is 0 Å². The maximum absolute atomic E-state index is 10.3. The number of esters is 1. The fourth-order valence-corrected chi connectivity index (χ4v) is 0.288. The van der Waals surface area contributed by atoms with Crippen molar-refractivity contribution in [3.05, 3.63) is 10.4 Å². The monoisotopic (exact) mass is 129 g/mol. The third-order valence-corrected chi connectivity index (χ3v) is 0.707. The Bertz CT molecular complexity index is 139. The van der Waals surface area contributed by atoms with Gasteiger partial charge in [0.25, 0.3) is 0 Å². The molecule has 0 atom stereocenters. The van der Waals surface area contributed by atoms with Crippen LogP contribution in [-0.2, 0) is 9.53 Å². The van der Waals surface area contributed by atoms with Crippen LogP contribution in [0.5, 0.6) is 0 Å². The molecule has 0 amide bonds. The van der Waals surface area contributed by atoms with E-state index in [2.05, 4.69) is 14.8 Å². The van der Waals surface area contributed by atoms with Crippen LogP contribution in [-0.4, -0.2) is 19.6 Å².